The zero-order chi connectivity index (χ0) is 13.7. The molecule has 0 saturated carbocycles. The second-order valence-electron chi connectivity index (χ2n) is 3.95. The minimum Gasteiger partial charge on any atom is -0.409 e. The van der Waals surface area contributed by atoms with Crippen LogP contribution in [0.2, 0.25) is 0 Å². The topological polar surface area (TPSA) is 105 Å². The number of amides is 1. The molecule has 0 aromatic carbocycles. The molecule has 1 aromatic heterocycles. The van der Waals surface area contributed by atoms with Crippen LogP contribution in [0, 0.1) is 6.92 Å². The first-order valence-corrected chi connectivity index (χ1v) is 5.54. The summed E-state index contributed by atoms with van der Waals surface area (Å²) < 4.78 is 0. The van der Waals surface area contributed by atoms with E-state index in [-0.39, 0.29) is 18.3 Å². The van der Waals surface area contributed by atoms with Gasteiger partial charge in [-0.2, -0.15) is 10.2 Å². The Labute approximate surface area is 105 Å². The Kier molecular flexibility index (Phi) is 4.59. The molecule has 0 aliphatic rings. The summed E-state index contributed by atoms with van der Waals surface area (Å²) in [5.74, 6) is -0.251. The van der Waals surface area contributed by atoms with Crippen LogP contribution < -0.4 is 5.73 Å². The smallest absolute Gasteiger partial charge is 0.255 e. The van der Waals surface area contributed by atoms with Crippen LogP contribution in [0.15, 0.2) is 11.2 Å². The van der Waals surface area contributed by atoms with Gasteiger partial charge in [-0.25, -0.2) is 0 Å². The van der Waals surface area contributed by atoms with Crippen LogP contribution in [0.3, 0.4) is 0 Å². The Hall–Kier alpha value is -2.18. The molecule has 0 aliphatic carbocycles. The minimum atomic E-state index is -0.226. The van der Waals surface area contributed by atoms with Gasteiger partial charge >= 0.3 is 0 Å². The Morgan fingerprint density at radius 3 is 2.78 bits per heavy atom. The SMILES string of the molecule is CCc1nnc(C)cc1C(=O)N(C)CC(N)=NO. The number of aromatic nitrogens is 2. The van der Waals surface area contributed by atoms with Gasteiger partial charge < -0.3 is 15.8 Å². The molecule has 0 bridgehead atoms. The molecular formula is C11H17N5O2. The number of amidine groups is 1. The average molecular weight is 251 g/mol. The summed E-state index contributed by atoms with van der Waals surface area (Å²) in [6.45, 7) is 3.73. The second kappa shape index (κ2) is 5.95. The second-order valence-corrected chi connectivity index (χ2v) is 3.95. The Morgan fingerprint density at radius 1 is 1.56 bits per heavy atom. The Morgan fingerprint density at radius 2 is 2.22 bits per heavy atom. The van der Waals surface area contributed by atoms with Crippen molar-refractivity contribution in [3.05, 3.63) is 23.0 Å². The lowest BCUT2D eigenvalue weighted by atomic mass is 10.1. The highest BCUT2D eigenvalue weighted by Crippen LogP contribution is 2.10. The lowest BCUT2D eigenvalue weighted by Crippen LogP contribution is -2.36. The zero-order valence-electron chi connectivity index (χ0n) is 10.7. The fourth-order valence-corrected chi connectivity index (χ4v) is 1.51. The van der Waals surface area contributed by atoms with Gasteiger partial charge in [-0.15, -0.1) is 0 Å². The number of aryl methyl sites for hydroxylation is 2. The summed E-state index contributed by atoms with van der Waals surface area (Å²) in [6, 6.07) is 1.69. The molecule has 0 fully saturated rings. The van der Waals surface area contributed by atoms with Crippen molar-refractivity contribution in [1.29, 1.82) is 0 Å². The predicted octanol–water partition coefficient (Wildman–Crippen LogP) is 0.166. The van der Waals surface area contributed by atoms with Crippen molar-refractivity contribution in [3.8, 4) is 0 Å². The first-order valence-electron chi connectivity index (χ1n) is 5.54. The van der Waals surface area contributed by atoms with Crippen LogP contribution in [0.4, 0.5) is 0 Å². The zero-order valence-corrected chi connectivity index (χ0v) is 10.7. The number of rotatable bonds is 4. The first kappa shape index (κ1) is 13.9. The highest BCUT2D eigenvalue weighted by Gasteiger charge is 2.17. The van der Waals surface area contributed by atoms with Crippen molar-refractivity contribution in [1.82, 2.24) is 15.1 Å². The summed E-state index contributed by atoms with van der Waals surface area (Å²) in [6.07, 6.45) is 0.617. The maximum absolute atomic E-state index is 12.2. The summed E-state index contributed by atoms with van der Waals surface area (Å²) in [7, 11) is 1.58. The molecular weight excluding hydrogens is 234 g/mol. The molecule has 1 heterocycles. The molecule has 98 valence electrons. The summed E-state index contributed by atoms with van der Waals surface area (Å²) in [4.78, 5) is 13.6. The van der Waals surface area contributed by atoms with Crippen LogP contribution in [0.5, 0.6) is 0 Å². The molecule has 1 amide bonds. The summed E-state index contributed by atoms with van der Waals surface area (Å²) in [5.41, 5.74) is 7.18. The van der Waals surface area contributed by atoms with Crippen LogP contribution >= 0.6 is 0 Å². The Bertz CT molecular complexity index is 473. The molecule has 0 radical (unpaired) electrons. The third-order valence-electron chi connectivity index (χ3n) is 2.43. The lowest BCUT2D eigenvalue weighted by Gasteiger charge is -2.17. The number of carbonyl (C=O) groups is 1. The van der Waals surface area contributed by atoms with E-state index in [0.717, 1.165) is 0 Å². The van der Waals surface area contributed by atoms with Crippen molar-refractivity contribution >= 4 is 11.7 Å². The van der Waals surface area contributed by atoms with Gasteiger partial charge in [0.25, 0.3) is 5.91 Å². The van der Waals surface area contributed by atoms with E-state index in [4.69, 9.17) is 10.9 Å². The highest BCUT2D eigenvalue weighted by molar-refractivity contribution is 5.97. The van der Waals surface area contributed by atoms with Crippen molar-refractivity contribution in [2.24, 2.45) is 10.9 Å². The Balaban J connectivity index is 2.99. The molecule has 0 spiro atoms. The van der Waals surface area contributed by atoms with Gasteiger partial charge in [-0.05, 0) is 19.4 Å². The maximum atomic E-state index is 12.2. The molecule has 1 rings (SSSR count). The van der Waals surface area contributed by atoms with Crippen LogP contribution in [-0.4, -0.2) is 45.6 Å². The lowest BCUT2D eigenvalue weighted by molar-refractivity contribution is 0.0811. The van der Waals surface area contributed by atoms with E-state index in [9.17, 15) is 4.79 Å². The van der Waals surface area contributed by atoms with E-state index < -0.39 is 0 Å². The highest BCUT2D eigenvalue weighted by atomic mass is 16.4. The van der Waals surface area contributed by atoms with E-state index in [2.05, 4.69) is 15.4 Å². The third-order valence-corrected chi connectivity index (χ3v) is 2.43. The van der Waals surface area contributed by atoms with Crippen molar-refractivity contribution < 1.29 is 10.0 Å². The number of nitrogens with two attached hydrogens (primary N) is 1. The van der Waals surface area contributed by atoms with Crippen LogP contribution in [-0.2, 0) is 6.42 Å². The quantitative estimate of drug-likeness (QED) is 0.343. The van der Waals surface area contributed by atoms with Crippen LogP contribution in [0.1, 0.15) is 28.7 Å². The summed E-state index contributed by atoms with van der Waals surface area (Å²) in [5, 5.41) is 19.2. The molecule has 0 saturated heterocycles. The summed E-state index contributed by atoms with van der Waals surface area (Å²) >= 11 is 0. The van der Waals surface area contributed by atoms with E-state index in [1.165, 1.54) is 4.90 Å². The number of oxime groups is 1. The largest absolute Gasteiger partial charge is 0.409 e. The molecule has 0 aliphatic heterocycles. The van der Waals surface area contributed by atoms with Gasteiger partial charge in [-0.1, -0.05) is 12.1 Å². The van der Waals surface area contributed by atoms with Gasteiger partial charge in [0.15, 0.2) is 5.84 Å². The molecule has 18 heavy (non-hydrogen) atoms. The van der Waals surface area contributed by atoms with Gasteiger partial charge in [0, 0.05) is 7.05 Å². The molecule has 7 nitrogen and oxygen atoms in total. The maximum Gasteiger partial charge on any atom is 0.255 e. The van der Waals surface area contributed by atoms with Crippen molar-refractivity contribution in [2.45, 2.75) is 20.3 Å². The van der Waals surface area contributed by atoms with Gasteiger partial charge in [-0.3, -0.25) is 4.79 Å². The van der Waals surface area contributed by atoms with E-state index in [0.29, 0.717) is 23.4 Å². The van der Waals surface area contributed by atoms with E-state index in [1.807, 2.05) is 6.92 Å². The molecule has 0 unspecified atom stereocenters. The first-order chi connectivity index (χ1) is 8.49. The van der Waals surface area contributed by atoms with Gasteiger partial charge in [0.05, 0.1) is 23.5 Å². The number of nitrogens with zero attached hydrogens (tertiary/aromatic N) is 4. The molecule has 1 aromatic rings. The van der Waals surface area contributed by atoms with E-state index in [1.54, 1.807) is 20.0 Å². The monoisotopic (exact) mass is 251 g/mol. The standard InChI is InChI=1S/C11H17N5O2/c1-4-9-8(5-7(2)13-14-9)11(17)16(3)6-10(12)15-18/h5,18H,4,6H2,1-3H3,(H2,12,15). The predicted molar refractivity (Wildman–Crippen MR) is 66.5 cm³/mol. The average Bonchev–Trinajstić information content (AvgIpc) is 2.37. The van der Waals surface area contributed by atoms with Gasteiger partial charge in [0.1, 0.15) is 0 Å². The minimum absolute atomic E-state index is 0.0253. The number of hydrogen-bond acceptors (Lipinski definition) is 5. The molecule has 0 atom stereocenters. The number of carbonyl (C=O) groups excluding carboxylic acids is 1. The molecule has 7 heteroatoms. The fraction of sp³-hybridized carbons (Fsp3) is 0.455. The van der Waals surface area contributed by atoms with Gasteiger partial charge in [0.2, 0.25) is 0 Å². The number of likely N-dealkylation sites (N-methyl/N-ethyl adjacent to an activating group) is 1. The van der Waals surface area contributed by atoms with Crippen molar-refractivity contribution in [3.63, 3.8) is 0 Å². The fourth-order valence-electron chi connectivity index (χ4n) is 1.51. The normalized spacial score (nSPS) is 11.4. The van der Waals surface area contributed by atoms with Crippen LogP contribution in [0.25, 0.3) is 0 Å². The number of hydrogen-bond donors (Lipinski definition) is 2. The molecule has 3 N–H and O–H groups in total. The van der Waals surface area contributed by atoms with E-state index >= 15 is 0 Å². The third kappa shape index (κ3) is 3.16. The van der Waals surface area contributed by atoms with Crippen molar-refractivity contribution in [2.75, 3.05) is 13.6 Å².